The van der Waals surface area contributed by atoms with Gasteiger partial charge >= 0.3 is 5.97 Å². The van der Waals surface area contributed by atoms with Crippen molar-refractivity contribution in [3.63, 3.8) is 0 Å². The van der Waals surface area contributed by atoms with Crippen LogP contribution in [0.1, 0.15) is 45.9 Å². The first kappa shape index (κ1) is 107. The van der Waals surface area contributed by atoms with E-state index in [0.29, 0.717) is 48.5 Å². The SMILES string of the molecule is O.O.O=C(O)c1ccc([N+](=O)[O-])cc1.O=C1C=CC=CC1=CNCCO.O=C1C=CC=CC1=CNCCO.O=C1C=CC=CC1=CNCCO.O=C1C=CC=CC1=CNCCO.O=[N+]([O-])c1ccc(C(O)O)cc1.O=[N+]([O-])c1ccc(C(O)O)cc1.O=[N+]([O-])c1ccc(C(O)O)cc1.[Fe].[Fe].[Fe].[Fe].[Fe]. The Balaban J connectivity index is -0.000000203. The molecular weight excluding hydrogens is 1580 g/mol. The van der Waals surface area contributed by atoms with Gasteiger partial charge in [-0.1, -0.05) is 48.6 Å². The predicted molar refractivity (Wildman–Crippen MR) is 354 cm³/mol. The molecule has 0 radical (unpaired) electrons. The smallest absolute Gasteiger partial charge is 0.335 e. The van der Waals surface area contributed by atoms with Crippen LogP contribution in [0, 0.1) is 40.5 Å². The fraction of sp³-hybridized carbons (Fsp3) is 0.172. The van der Waals surface area contributed by atoms with Gasteiger partial charge in [0.1, 0.15) is 0 Å². The van der Waals surface area contributed by atoms with Crippen molar-refractivity contribution in [2.45, 2.75) is 18.9 Å². The number of hydrogen-bond donors (Lipinski definition) is 15. The van der Waals surface area contributed by atoms with Crippen molar-refractivity contribution in [3.8, 4) is 0 Å². The minimum Gasteiger partial charge on any atom is -0.478 e. The molecule has 0 bridgehead atoms. The van der Waals surface area contributed by atoms with Crippen LogP contribution >= 0.6 is 0 Å². The molecule has 0 heterocycles. The van der Waals surface area contributed by atoms with E-state index in [1.165, 1.54) is 109 Å². The largest absolute Gasteiger partial charge is 0.478 e. The molecule has 4 aliphatic rings. The number of ketones is 4. The Labute approximate surface area is 640 Å². The van der Waals surface area contributed by atoms with Crippen LogP contribution in [0.25, 0.3) is 0 Å². The van der Waals surface area contributed by atoms with Crippen LogP contribution in [0.4, 0.5) is 22.7 Å². The third-order valence-electron chi connectivity index (χ3n) is 11.3. The van der Waals surface area contributed by atoms with Crippen molar-refractivity contribution in [3.05, 3.63) is 304 Å². The van der Waals surface area contributed by atoms with Gasteiger partial charge in [0, 0.05) is 224 Å². The summed E-state index contributed by atoms with van der Waals surface area (Å²) >= 11 is 0. The zero-order valence-electron chi connectivity index (χ0n) is 53.5. The van der Waals surface area contributed by atoms with Gasteiger partial charge in [-0.25, -0.2) is 4.79 Å². The molecule has 0 atom stereocenters. The summed E-state index contributed by atoms with van der Waals surface area (Å²) in [6.07, 6.45) is 28.6. The van der Waals surface area contributed by atoms with E-state index < -0.39 is 44.5 Å². The molecule has 103 heavy (non-hydrogen) atoms. The first-order chi connectivity index (χ1) is 45.8. The van der Waals surface area contributed by atoms with Crippen LogP contribution in [-0.2, 0) is 105 Å². The first-order valence-electron chi connectivity index (χ1n) is 27.8. The van der Waals surface area contributed by atoms with Crippen molar-refractivity contribution >= 4 is 51.9 Å². The quantitative estimate of drug-likeness (QED) is 0.0150. The molecule has 0 aliphatic heterocycles. The van der Waals surface area contributed by atoms with Crippen molar-refractivity contribution in [1.29, 1.82) is 0 Å². The van der Waals surface area contributed by atoms with E-state index in [4.69, 9.17) is 56.2 Å². The molecule has 0 saturated heterocycles. The molecule has 34 nitrogen and oxygen atoms in total. The summed E-state index contributed by atoms with van der Waals surface area (Å²) in [5.74, 6) is -1.14. The number of aliphatic hydroxyl groups excluding tert-OH is 7. The zero-order chi connectivity index (χ0) is 71.8. The molecule has 0 fully saturated rings. The summed E-state index contributed by atoms with van der Waals surface area (Å²) in [5.41, 5.74) is 2.90. The standard InChI is InChI=1S/4C9H11NO2.3C7H7NO4.C7H5NO4.5Fe.2H2O/c4*11-6-5-10-7-8-3-1-2-4-9(8)12;4*9-7(10)5-1-3-6(4-2-5)8(11)12;;;;;;;/h4*1-4,7,10-11H,5-6H2;3*1-4,7,9-10H;1-4H,(H,9,10);;;;;;2*1H2. The Morgan fingerprint density at radius 3 is 0.660 bits per heavy atom. The summed E-state index contributed by atoms with van der Waals surface area (Å²) in [6, 6.07) is 19.8. The average molecular weight is 1650 g/mol. The van der Waals surface area contributed by atoms with E-state index >= 15 is 0 Å². The maximum atomic E-state index is 11.1. The summed E-state index contributed by atoms with van der Waals surface area (Å²) in [4.78, 5) is 93.0. The molecule has 0 saturated carbocycles. The number of rotatable bonds is 20. The topological polar surface area (TPSA) is 592 Å². The van der Waals surface area contributed by atoms with Crippen LogP contribution in [0.2, 0.25) is 0 Å². The minimum absolute atomic E-state index is 0. The van der Waals surface area contributed by atoms with E-state index in [0.717, 1.165) is 12.1 Å². The van der Waals surface area contributed by atoms with Crippen molar-refractivity contribution in [1.82, 2.24) is 21.3 Å². The number of aromatic carboxylic acids is 1. The number of hydrogen-bond acceptors (Lipinski definition) is 27. The number of carbonyl (C=O) groups excluding carboxylic acids is 4. The second kappa shape index (κ2) is 63.7. The Kier molecular flexibility index (Phi) is 66.4. The van der Waals surface area contributed by atoms with E-state index in [2.05, 4.69) is 21.3 Å². The first-order valence-corrected chi connectivity index (χ1v) is 27.8. The molecule has 0 amide bonds. The Hall–Kier alpha value is -9.17. The zero-order valence-corrected chi connectivity index (χ0v) is 59.0. The van der Waals surface area contributed by atoms with Crippen LogP contribution in [0.5, 0.6) is 0 Å². The fourth-order valence-electron chi connectivity index (χ4n) is 6.42. The number of nitrogens with one attached hydrogen (secondary N) is 4. The number of allylic oxidation sites excluding steroid dienone is 20. The van der Waals surface area contributed by atoms with Crippen molar-refractivity contribution in [2.24, 2.45) is 0 Å². The third-order valence-corrected chi connectivity index (χ3v) is 11.3. The molecule has 566 valence electrons. The molecule has 8 rings (SSSR count). The van der Waals surface area contributed by atoms with Gasteiger partial charge in [-0.05, 0) is 97.1 Å². The van der Waals surface area contributed by atoms with E-state index in [-0.39, 0.29) is 191 Å². The molecular formula is C64H74Fe5N8O26. The second-order valence-corrected chi connectivity index (χ2v) is 18.2. The Morgan fingerprint density at radius 2 is 0.515 bits per heavy atom. The maximum Gasteiger partial charge on any atom is 0.335 e. The summed E-state index contributed by atoms with van der Waals surface area (Å²) in [7, 11) is 0. The summed E-state index contributed by atoms with van der Waals surface area (Å²) in [5, 5.41) is 146. The number of nitro benzene ring substituents is 4. The van der Waals surface area contributed by atoms with Crippen molar-refractivity contribution in [2.75, 3.05) is 52.6 Å². The molecule has 0 spiro atoms. The van der Waals surface area contributed by atoms with Crippen LogP contribution in [-0.4, -0.2) is 169 Å². The molecule has 4 aromatic rings. The fourth-order valence-corrected chi connectivity index (χ4v) is 6.42. The predicted octanol–water partition coefficient (Wildman–Crippen LogP) is 1.95. The second-order valence-electron chi connectivity index (χ2n) is 18.2. The molecule has 4 aliphatic carbocycles. The Morgan fingerprint density at radius 1 is 0.340 bits per heavy atom. The molecule has 0 unspecified atom stereocenters. The van der Waals surface area contributed by atoms with E-state index in [1.807, 2.05) is 0 Å². The van der Waals surface area contributed by atoms with E-state index in [1.54, 1.807) is 97.7 Å². The monoisotopic (exact) mass is 1650 g/mol. The van der Waals surface area contributed by atoms with Crippen LogP contribution < -0.4 is 21.3 Å². The number of carbonyl (C=O) groups is 5. The van der Waals surface area contributed by atoms with Gasteiger partial charge in [-0.15, -0.1) is 0 Å². The van der Waals surface area contributed by atoms with Gasteiger partial charge in [-0.3, -0.25) is 59.6 Å². The molecule has 4 aromatic carbocycles. The number of nitrogens with zero attached hydrogens (tertiary/aromatic N) is 4. The van der Waals surface area contributed by atoms with Gasteiger partial charge in [0.15, 0.2) is 42.0 Å². The third kappa shape index (κ3) is 47.6. The average Bonchev–Trinajstić information content (AvgIpc) is 0.898. The number of benzene rings is 4. The minimum atomic E-state index is -1.58. The van der Waals surface area contributed by atoms with Gasteiger partial charge in [0.05, 0.1) is 51.7 Å². The normalized spacial score (nSPS) is 13.4. The number of aliphatic hydroxyl groups is 10. The summed E-state index contributed by atoms with van der Waals surface area (Å²) in [6.45, 7) is 2.13. The molecule has 39 heteroatoms. The molecule has 0 aromatic heterocycles. The number of nitro groups is 4. The summed E-state index contributed by atoms with van der Waals surface area (Å²) < 4.78 is 0. The Bertz CT molecular complexity index is 3200. The van der Waals surface area contributed by atoms with Crippen molar-refractivity contribution < 1.29 is 196 Å². The van der Waals surface area contributed by atoms with Gasteiger partial charge in [0.25, 0.3) is 22.7 Å². The number of carboxylic acids is 1. The number of non-ortho nitro benzene ring substituents is 4. The van der Waals surface area contributed by atoms with Crippen LogP contribution in [0.3, 0.4) is 0 Å². The molecule has 19 N–H and O–H groups in total. The van der Waals surface area contributed by atoms with Gasteiger partial charge in [-0.2, -0.15) is 0 Å². The maximum absolute atomic E-state index is 11.1. The van der Waals surface area contributed by atoms with Crippen LogP contribution in [0.15, 0.2) is 241 Å². The number of carboxylic acid groups (broad SMARTS) is 1. The van der Waals surface area contributed by atoms with E-state index in [9.17, 15) is 64.4 Å². The van der Waals surface area contributed by atoms with Gasteiger partial charge < -0.3 is 88.4 Å². The van der Waals surface area contributed by atoms with Gasteiger partial charge in [0.2, 0.25) is 0 Å².